The zero-order chi connectivity index (χ0) is 13.8. The van der Waals surface area contributed by atoms with Gasteiger partial charge in [0.05, 0.1) is 25.9 Å². The SMILES string of the molecule is Clc1ccc2c(c1)CN(CCC1COCCO1)CCO2. The third-order valence-corrected chi connectivity index (χ3v) is 3.97. The van der Waals surface area contributed by atoms with Gasteiger partial charge >= 0.3 is 0 Å². The Kier molecular flexibility index (Phi) is 4.78. The lowest BCUT2D eigenvalue weighted by Crippen LogP contribution is -2.34. The standard InChI is InChI=1S/C15H20ClNO3/c16-13-1-2-15-12(9-13)10-17(5-6-20-15)4-3-14-11-18-7-8-19-14/h1-2,9,14H,3-8,10-11H2. The second-order valence-electron chi connectivity index (χ2n) is 5.23. The van der Waals surface area contributed by atoms with Gasteiger partial charge in [0.1, 0.15) is 12.4 Å². The van der Waals surface area contributed by atoms with E-state index in [4.69, 9.17) is 25.8 Å². The normalized spacial score (nSPS) is 23.8. The van der Waals surface area contributed by atoms with Gasteiger partial charge in [-0.1, -0.05) is 11.6 Å². The van der Waals surface area contributed by atoms with E-state index in [1.807, 2.05) is 18.2 Å². The molecule has 0 bridgehead atoms. The van der Waals surface area contributed by atoms with E-state index >= 15 is 0 Å². The monoisotopic (exact) mass is 297 g/mol. The Morgan fingerprint density at radius 1 is 1.25 bits per heavy atom. The van der Waals surface area contributed by atoms with Crippen LogP contribution in [0, 0.1) is 0 Å². The van der Waals surface area contributed by atoms with Crippen molar-refractivity contribution < 1.29 is 14.2 Å². The first kappa shape index (κ1) is 14.1. The molecule has 2 heterocycles. The van der Waals surface area contributed by atoms with Gasteiger partial charge in [0.15, 0.2) is 0 Å². The molecule has 0 amide bonds. The van der Waals surface area contributed by atoms with Crippen molar-refractivity contribution in [3.8, 4) is 5.75 Å². The first-order valence-electron chi connectivity index (χ1n) is 7.14. The quantitative estimate of drug-likeness (QED) is 0.857. The molecule has 2 aliphatic heterocycles. The van der Waals surface area contributed by atoms with Crippen LogP contribution in [0.15, 0.2) is 18.2 Å². The minimum atomic E-state index is 0.228. The van der Waals surface area contributed by atoms with Crippen LogP contribution in [0.3, 0.4) is 0 Å². The van der Waals surface area contributed by atoms with Gasteiger partial charge in [0, 0.05) is 30.2 Å². The lowest BCUT2D eigenvalue weighted by molar-refractivity contribution is -0.0928. The highest BCUT2D eigenvalue weighted by Gasteiger charge is 2.19. The molecule has 1 aromatic rings. The number of hydrogen-bond donors (Lipinski definition) is 0. The van der Waals surface area contributed by atoms with E-state index in [1.165, 1.54) is 0 Å². The van der Waals surface area contributed by atoms with Crippen LogP contribution in [0.1, 0.15) is 12.0 Å². The number of ether oxygens (including phenoxy) is 3. The van der Waals surface area contributed by atoms with Gasteiger partial charge in [-0.05, 0) is 24.6 Å². The molecule has 1 aromatic carbocycles. The molecule has 0 spiro atoms. The van der Waals surface area contributed by atoms with Crippen LogP contribution in [-0.4, -0.2) is 50.5 Å². The Morgan fingerprint density at radius 2 is 2.20 bits per heavy atom. The lowest BCUT2D eigenvalue weighted by Gasteiger charge is -2.26. The Hall–Kier alpha value is -0.810. The molecule has 3 rings (SSSR count). The Morgan fingerprint density at radius 3 is 3.05 bits per heavy atom. The van der Waals surface area contributed by atoms with E-state index in [-0.39, 0.29) is 6.10 Å². The Labute approximate surface area is 124 Å². The molecule has 0 N–H and O–H groups in total. The Bertz CT molecular complexity index is 449. The molecule has 2 aliphatic rings. The summed E-state index contributed by atoms with van der Waals surface area (Å²) in [5.41, 5.74) is 1.16. The molecule has 5 heteroatoms. The van der Waals surface area contributed by atoms with Gasteiger partial charge in [0.2, 0.25) is 0 Å². The first-order valence-corrected chi connectivity index (χ1v) is 7.52. The molecule has 110 valence electrons. The van der Waals surface area contributed by atoms with Crippen molar-refractivity contribution >= 4 is 11.6 Å². The minimum absolute atomic E-state index is 0.228. The summed E-state index contributed by atoms with van der Waals surface area (Å²) in [4.78, 5) is 2.39. The zero-order valence-electron chi connectivity index (χ0n) is 11.5. The summed E-state index contributed by atoms with van der Waals surface area (Å²) in [6.07, 6.45) is 1.22. The third kappa shape index (κ3) is 3.64. The van der Waals surface area contributed by atoms with Gasteiger partial charge in [-0.2, -0.15) is 0 Å². The Balaban J connectivity index is 1.57. The van der Waals surface area contributed by atoms with Crippen LogP contribution in [0.2, 0.25) is 5.02 Å². The average molecular weight is 298 g/mol. The van der Waals surface area contributed by atoms with Gasteiger partial charge in [0.25, 0.3) is 0 Å². The summed E-state index contributed by atoms with van der Waals surface area (Å²) in [5, 5.41) is 0.762. The molecule has 1 atom stereocenters. The van der Waals surface area contributed by atoms with E-state index < -0.39 is 0 Å². The smallest absolute Gasteiger partial charge is 0.123 e. The highest BCUT2D eigenvalue weighted by molar-refractivity contribution is 6.30. The van der Waals surface area contributed by atoms with Crippen molar-refractivity contribution in [1.82, 2.24) is 4.90 Å². The molecule has 0 aliphatic carbocycles. The average Bonchev–Trinajstić information content (AvgIpc) is 2.67. The topological polar surface area (TPSA) is 30.9 Å². The number of nitrogens with zero attached hydrogens (tertiary/aromatic N) is 1. The summed E-state index contributed by atoms with van der Waals surface area (Å²) in [6, 6.07) is 5.83. The van der Waals surface area contributed by atoms with Gasteiger partial charge in [-0.25, -0.2) is 0 Å². The molecule has 20 heavy (non-hydrogen) atoms. The number of rotatable bonds is 3. The molecular formula is C15H20ClNO3. The third-order valence-electron chi connectivity index (χ3n) is 3.73. The van der Waals surface area contributed by atoms with Crippen molar-refractivity contribution in [2.45, 2.75) is 19.1 Å². The van der Waals surface area contributed by atoms with Crippen LogP contribution in [0.25, 0.3) is 0 Å². The van der Waals surface area contributed by atoms with Crippen LogP contribution >= 0.6 is 11.6 Å². The molecule has 0 saturated carbocycles. The second-order valence-corrected chi connectivity index (χ2v) is 5.67. The van der Waals surface area contributed by atoms with E-state index in [0.717, 1.165) is 55.6 Å². The molecule has 1 saturated heterocycles. The van der Waals surface area contributed by atoms with E-state index in [1.54, 1.807) is 0 Å². The maximum atomic E-state index is 6.07. The fraction of sp³-hybridized carbons (Fsp3) is 0.600. The van der Waals surface area contributed by atoms with E-state index in [0.29, 0.717) is 13.2 Å². The summed E-state index contributed by atoms with van der Waals surface area (Å²) in [7, 11) is 0. The van der Waals surface area contributed by atoms with Gasteiger partial charge < -0.3 is 14.2 Å². The molecule has 1 fully saturated rings. The fourth-order valence-electron chi connectivity index (χ4n) is 2.64. The van der Waals surface area contributed by atoms with Crippen molar-refractivity contribution in [1.29, 1.82) is 0 Å². The number of fused-ring (bicyclic) bond motifs is 1. The molecular weight excluding hydrogens is 278 g/mol. The number of halogens is 1. The molecule has 0 aromatic heterocycles. The summed E-state index contributed by atoms with van der Waals surface area (Å²) in [6.45, 7) is 5.67. The van der Waals surface area contributed by atoms with Gasteiger partial charge in [-0.3, -0.25) is 4.90 Å². The van der Waals surface area contributed by atoms with E-state index in [2.05, 4.69) is 4.90 Å². The first-order chi connectivity index (χ1) is 9.81. The molecule has 4 nitrogen and oxygen atoms in total. The maximum absolute atomic E-state index is 6.07. The number of benzene rings is 1. The second kappa shape index (κ2) is 6.76. The highest BCUT2D eigenvalue weighted by atomic mass is 35.5. The zero-order valence-corrected chi connectivity index (χ0v) is 12.3. The predicted molar refractivity (Wildman–Crippen MR) is 77.4 cm³/mol. The lowest BCUT2D eigenvalue weighted by atomic mass is 10.1. The maximum Gasteiger partial charge on any atom is 0.123 e. The summed E-state index contributed by atoms with van der Waals surface area (Å²) in [5.74, 6) is 0.953. The largest absolute Gasteiger partial charge is 0.492 e. The highest BCUT2D eigenvalue weighted by Crippen LogP contribution is 2.26. The van der Waals surface area contributed by atoms with Crippen LogP contribution < -0.4 is 4.74 Å². The molecule has 0 radical (unpaired) electrons. The number of hydrogen-bond acceptors (Lipinski definition) is 4. The predicted octanol–water partition coefficient (Wildman–Crippen LogP) is 2.34. The van der Waals surface area contributed by atoms with Crippen LogP contribution in [0.5, 0.6) is 5.75 Å². The minimum Gasteiger partial charge on any atom is -0.492 e. The van der Waals surface area contributed by atoms with Crippen LogP contribution in [-0.2, 0) is 16.0 Å². The van der Waals surface area contributed by atoms with Crippen molar-refractivity contribution in [2.75, 3.05) is 39.5 Å². The van der Waals surface area contributed by atoms with Crippen LogP contribution in [0.4, 0.5) is 0 Å². The fourth-order valence-corrected chi connectivity index (χ4v) is 2.83. The van der Waals surface area contributed by atoms with Crippen molar-refractivity contribution in [3.05, 3.63) is 28.8 Å². The van der Waals surface area contributed by atoms with Gasteiger partial charge in [-0.15, -0.1) is 0 Å². The summed E-state index contributed by atoms with van der Waals surface area (Å²) < 4.78 is 16.9. The van der Waals surface area contributed by atoms with E-state index in [9.17, 15) is 0 Å². The van der Waals surface area contributed by atoms with Crippen molar-refractivity contribution in [3.63, 3.8) is 0 Å². The molecule has 1 unspecified atom stereocenters. The van der Waals surface area contributed by atoms with Crippen molar-refractivity contribution in [2.24, 2.45) is 0 Å². The summed E-state index contributed by atoms with van der Waals surface area (Å²) >= 11 is 6.07.